The van der Waals surface area contributed by atoms with E-state index in [1.807, 2.05) is 75.4 Å². The third kappa shape index (κ3) is 14.3. The van der Waals surface area contributed by atoms with Crippen LogP contribution >= 0.6 is 11.8 Å². The maximum atomic E-state index is 15.7. The van der Waals surface area contributed by atoms with E-state index in [0.717, 1.165) is 76.6 Å². The Labute approximate surface area is 476 Å². The number of aryl methyl sites for hydroxylation is 2. The van der Waals surface area contributed by atoms with E-state index < -0.39 is 87.6 Å². The molecular formula is C61H84N8O10S. The minimum atomic E-state index is -1.40. The molecule has 0 radical (unpaired) electrons. The molecule has 7 rings (SSSR count). The van der Waals surface area contributed by atoms with Gasteiger partial charge in [0.2, 0.25) is 35.4 Å². The predicted octanol–water partition coefficient (Wildman–Crippen LogP) is 6.49. The number of fused-ring (bicyclic) bond motifs is 3. The summed E-state index contributed by atoms with van der Waals surface area (Å²) in [5.41, 5.74) is 5.10. The Kier molecular flexibility index (Phi) is 19.2. The Morgan fingerprint density at radius 1 is 0.713 bits per heavy atom. The van der Waals surface area contributed by atoms with E-state index in [-0.39, 0.29) is 61.7 Å². The van der Waals surface area contributed by atoms with Crippen molar-refractivity contribution in [1.82, 2.24) is 41.3 Å². The molecule has 0 spiro atoms. The number of hydrogen-bond donors (Lipinski definition) is 6. The summed E-state index contributed by atoms with van der Waals surface area (Å²) >= 11 is 0.961. The summed E-state index contributed by atoms with van der Waals surface area (Å²) in [6, 6.07) is 15.3. The summed E-state index contributed by atoms with van der Waals surface area (Å²) in [6.07, 6.45) is 4.55. The standard InChI is InChI=1S/C61H84N8O10S/c1-35(62-11)52(72)65-50(59(3,4)5)56(76)68-33-42(31-48(68)55(75)64-46-26-18-22-38-20-14-16-24-44(38)46)39-27-28-40-30-47(54(74)63-45-25-17-21-37-19-13-15-23-43(37)45)69(32-41(40)29-39)57(77)51(61(9,10)80-34-49(70)71)66-53(73)36(2)67(12)58(78)79-60(6,7)8/h13-16,19-20,23-24,27-29,35-36,42,45-48,50-51,62H,17-18,21-22,25-26,30-34H2,1-12H3,(H,63,74)(H,64,75)(H,65,72)(H,66,73)(H,70,71). The van der Waals surface area contributed by atoms with Crippen molar-refractivity contribution < 1.29 is 48.2 Å². The van der Waals surface area contributed by atoms with Gasteiger partial charge in [0.25, 0.3) is 0 Å². The highest BCUT2D eigenvalue weighted by molar-refractivity contribution is 8.01. The van der Waals surface area contributed by atoms with E-state index in [4.69, 9.17) is 4.74 Å². The maximum absolute atomic E-state index is 15.7. The first kappa shape index (κ1) is 61.2. The molecule has 1 fully saturated rings. The molecule has 2 aliphatic heterocycles. The molecule has 0 saturated carbocycles. The SMILES string of the molecule is CNC(C)C(=O)NC(C(=O)N1CC(c2ccc3c(c2)CN(C(=O)C(NC(=O)C(C)N(C)C(=O)OC(C)(C)C)C(C)(C)SCC(=O)O)C(C(=O)NC2CCCc4ccccc42)C3)CC1C(=O)NC1CCCc2ccccc21)C(C)(C)C. The van der Waals surface area contributed by atoms with Gasteiger partial charge in [0.1, 0.15) is 35.8 Å². The van der Waals surface area contributed by atoms with Crippen molar-refractivity contribution in [2.24, 2.45) is 5.41 Å². The summed E-state index contributed by atoms with van der Waals surface area (Å²) in [7, 11) is 3.08. The van der Waals surface area contributed by atoms with Crippen LogP contribution in [0.3, 0.4) is 0 Å². The van der Waals surface area contributed by atoms with Gasteiger partial charge >= 0.3 is 12.1 Å². The molecule has 0 aromatic heterocycles. The summed E-state index contributed by atoms with van der Waals surface area (Å²) in [4.78, 5) is 118. The van der Waals surface area contributed by atoms with Gasteiger partial charge in [0, 0.05) is 37.2 Å². The van der Waals surface area contributed by atoms with Crippen molar-refractivity contribution in [3.63, 3.8) is 0 Å². The number of amides is 7. The molecular weight excluding hydrogens is 1040 g/mol. The normalized spacial score (nSPS) is 21.5. The minimum absolute atomic E-state index is 0.0805. The van der Waals surface area contributed by atoms with E-state index >= 15 is 9.59 Å². The minimum Gasteiger partial charge on any atom is -0.481 e. The van der Waals surface area contributed by atoms with E-state index in [9.17, 15) is 33.9 Å². The van der Waals surface area contributed by atoms with E-state index in [1.54, 1.807) is 53.5 Å². The number of nitrogens with one attached hydrogen (secondary N) is 5. The van der Waals surface area contributed by atoms with Crippen LogP contribution in [0, 0.1) is 5.41 Å². The number of carbonyl (C=O) groups excluding carboxylic acids is 7. The van der Waals surface area contributed by atoms with Crippen LogP contribution < -0.4 is 26.6 Å². The number of carboxylic acid groups (broad SMARTS) is 1. The fourth-order valence-corrected chi connectivity index (χ4v) is 12.2. The lowest BCUT2D eigenvalue weighted by Crippen LogP contribution is -2.64. The van der Waals surface area contributed by atoms with Crippen LogP contribution in [0.5, 0.6) is 0 Å². The van der Waals surface area contributed by atoms with Crippen molar-refractivity contribution in [3.8, 4) is 0 Å². The van der Waals surface area contributed by atoms with Gasteiger partial charge in [-0.25, -0.2) is 4.79 Å². The number of ether oxygens (including phenoxy) is 1. The van der Waals surface area contributed by atoms with Crippen molar-refractivity contribution in [2.75, 3.05) is 26.4 Å². The number of aliphatic carboxylic acids is 1. The van der Waals surface area contributed by atoms with Crippen LogP contribution in [0.4, 0.5) is 4.79 Å². The fraction of sp³-hybridized carbons (Fsp3) is 0.574. The Morgan fingerprint density at radius 3 is 1.81 bits per heavy atom. The highest BCUT2D eigenvalue weighted by atomic mass is 32.2. The Bertz CT molecular complexity index is 2830. The number of rotatable bonds is 17. The lowest BCUT2D eigenvalue weighted by molar-refractivity contribution is -0.146. The van der Waals surface area contributed by atoms with Crippen LogP contribution in [0.15, 0.2) is 66.7 Å². The quantitative estimate of drug-likeness (QED) is 0.0852. The molecule has 2 aliphatic carbocycles. The molecule has 4 aliphatic rings. The molecule has 9 atom stereocenters. The van der Waals surface area contributed by atoms with Crippen molar-refractivity contribution >= 4 is 59.3 Å². The molecule has 3 aromatic rings. The molecule has 1 saturated heterocycles. The lowest BCUT2D eigenvalue weighted by Gasteiger charge is -2.42. The Morgan fingerprint density at radius 2 is 1.26 bits per heavy atom. The molecule has 7 amide bonds. The highest BCUT2D eigenvalue weighted by Gasteiger charge is 2.48. The van der Waals surface area contributed by atoms with Crippen LogP contribution in [-0.2, 0) is 64.1 Å². The largest absolute Gasteiger partial charge is 0.481 e. The van der Waals surface area contributed by atoms with Crippen LogP contribution in [0.1, 0.15) is 158 Å². The number of likely N-dealkylation sites (N-methyl/N-ethyl adjacent to an activating group) is 2. The summed E-state index contributed by atoms with van der Waals surface area (Å²) < 4.78 is 4.27. The predicted molar refractivity (Wildman–Crippen MR) is 307 cm³/mol. The zero-order valence-corrected chi connectivity index (χ0v) is 49.5. The van der Waals surface area contributed by atoms with Crippen LogP contribution in [0.25, 0.3) is 0 Å². The zero-order valence-electron chi connectivity index (χ0n) is 48.7. The Hall–Kier alpha value is -6.47. The average Bonchev–Trinajstić information content (AvgIpc) is 3.87. The topological polar surface area (TPSA) is 236 Å². The fourth-order valence-electron chi connectivity index (χ4n) is 11.4. The second-order valence-electron chi connectivity index (χ2n) is 24.8. The molecule has 6 N–H and O–H groups in total. The van der Waals surface area contributed by atoms with Gasteiger partial charge in [-0.1, -0.05) is 87.5 Å². The zero-order chi connectivity index (χ0) is 58.6. The first-order valence-corrected chi connectivity index (χ1v) is 29.2. The number of hydrogen-bond acceptors (Lipinski definition) is 11. The van der Waals surface area contributed by atoms with Crippen LogP contribution in [0.2, 0.25) is 0 Å². The molecule has 80 heavy (non-hydrogen) atoms. The van der Waals surface area contributed by atoms with E-state index in [1.165, 1.54) is 24.4 Å². The number of benzene rings is 3. The van der Waals surface area contributed by atoms with Crippen molar-refractivity contribution in [1.29, 1.82) is 0 Å². The first-order valence-electron chi connectivity index (χ1n) is 28.2. The number of nitrogens with zero attached hydrogens (tertiary/aromatic N) is 3. The summed E-state index contributed by atoms with van der Waals surface area (Å²) in [6.45, 7) is 17.4. The van der Waals surface area contributed by atoms with E-state index in [0.29, 0.717) is 12.0 Å². The smallest absolute Gasteiger partial charge is 0.410 e. The number of thioether (sulfide) groups is 1. The molecule has 434 valence electrons. The number of carbonyl (C=O) groups is 8. The van der Waals surface area contributed by atoms with E-state index in [2.05, 4.69) is 38.7 Å². The summed E-state index contributed by atoms with van der Waals surface area (Å²) in [5, 5.41) is 25.3. The third-order valence-electron chi connectivity index (χ3n) is 16.3. The van der Waals surface area contributed by atoms with Gasteiger partial charge in [0.05, 0.1) is 23.9 Å². The molecule has 18 nitrogen and oxygen atoms in total. The van der Waals surface area contributed by atoms with Gasteiger partial charge in [-0.3, -0.25) is 38.5 Å². The molecule has 3 aromatic carbocycles. The van der Waals surface area contributed by atoms with Crippen LogP contribution in [-0.4, -0.2) is 140 Å². The molecule has 19 heteroatoms. The van der Waals surface area contributed by atoms with Gasteiger partial charge in [-0.2, -0.15) is 0 Å². The average molecular weight is 1120 g/mol. The first-order chi connectivity index (χ1) is 37.6. The van der Waals surface area contributed by atoms with Crippen molar-refractivity contribution in [2.45, 2.75) is 192 Å². The molecule has 9 unspecified atom stereocenters. The van der Waals surface area contributed by atoms with Gasteiger partial charge < -0.3 is 46.2 Å². The second kappa shape index (κ2) is 25.1. The van der Waals surface area contributed by atoms with Gasteiger partial charge in [0.15, 0.2) is 0 Å². The summed E-state index contributed by atoms with van der Waals surface area (Å²) in [5.74, 6) is -4.65. The molecule has 2 heterocycles. The number of likely N-dealkylation sites (tertiary alicyclic amines) is 1. The Balaban J connectivity index is 1.25. The monoisotopic (exact) mass is 1120 g/mol. The van der Waals surface area contributed by atoms with Crippen molar-refractivity contribution in [3.05, 3.63) is 106 Å². The van der Waals surface area contributed by atoms with Gasteiger partial charge in [-0.05, 0) is 145 Å². The lowest BCUT2D eigenvalue weighted by atomic mass is 9.85. The maximum Gasteiger partial charge on any atom is 0.410 e. The second-order valence-corrected chi connectivity index (χ2v) is 26.4. The third-order valence-corrected chi connectivity index (χ3v) is 17.7. The highest BCUT2D eigenvalue weighted by Crippen LogP contribution is 2.39. The van der Waals surface area contributed by atoms with Gasteiger partial charge in [-0.15, -0.1) is 11.8 Å². The number of carboxylic acids is 1. The molecule has 0 bridgehead atoms.